The summed E-state index contributed by atoms with van der Waals surface area (Å²) in [5.41, 5.74) is 2.93. The van der Waals surface area contributed by atoms with E-state index in [1.807, 2.05) is 45.9 Å². The number of phenols is 1. The van der Waals surface area contributed by atoms with Crippen LogP contribution in [-0.4, -0.2) is 28.2 Å². The smallest absolute Gasteiger partial charge is 0.159 e. The van der Waals surface area contributed by atoms with Gasteiger partial charge < -0.3 is 14.9 Å². The molecule has 0 amide bonds. The Morgan fingerprint density at radius 3 is 2.69 bits per heavy atom. The third-order valence-corrected chi connectivity index (χ3v) is 4.45. The summed E-state index contributed by atoms with van der Waals surface area (Å²) in [5, 5.41) is 18.7. The number of hydrogen-bond acceptors (Lipinski definition) is 4. The zero-order chi connectivity index (χ0) is 19.3. The van der Waals surface area contributed by atoms with Crippen LogP contribution >= 0.6 is 0 Å². The summed E-state index contributed by atoms with van der Waals surface area (Å²) in [6, 6.07) is 3.32. The number of phenolic OH excluding ortho intramolecular Hbond substituents is 1. The monoisotopic (exact) mass is 356 g/mol. The van der Waals surface area contributed by atoms with Crippen LogP contribution in [0.3, 0.4) is 0 Å². The van der Waals surface area contributed by atoms with Crippen LogP contribution in [0, 0.1) is 6.92 Å². The Morgan fingerprint density at radius 2 is 2.00 bits per heavy atom. The van der Waals surface area contributed by atoms with Crippen LogP contribution in [0.1, 0.15) is 51.2 Å². The van der Waals surface area contributed by atoms with Crippen molar-refractivity contribution in [3.8, 4) is 11.5 Å². The number of aliphatic hydroxyl groups is 1. The minimum absolute atomic E-state index is 0.0254. The molecular formula is C22H28O4. The quantitative estimate of drug-likeness (QED) is 0.558. The van der Waals surface area contributed by atoms with Crippen molar-refractivity contribution < 1.29 is 19.7 Å². The highest BCUT2D eigenvalue weighted by atomic mass is 16.5. The van der Waals surface area contributed by atoms with Crippen LogP contribution in [0.25, 0.3) is 6.08 Å². The molecule has 4 heteroatoms. The van der Waals surface area contributed by atoms with Gasteiger partial charge in [-0.05, 0) is 70.4 Å². The lowest BCUT2D eigenvalue weighted by molar-refractivity contribution is -0.117. The molecular weight excluding hydrogens is 328 g/mol. The van der Waals surface area contributed by atoms with Gasteiger partial charge in [-0.3, -0.25) is 4.79 Å². The molecule has 0 saturated carbocycles. The van der Waals surface area contributed by atoms with E-state index in [0.717, 1.165) is 35.1 Å². The number of benzene rings is 1. The lowest BCUT2D eigenvalue weighted by atomic mass is 9.93. The second kappa shape index (κ2) is 8.37. The standard InChI is InChI=1S/C22H28O4/c1-15(6-5-7-16(2)14-23)10-20(25)13-22(4)9-8-18-12-19(24)11-17(3)21(18)26-22/h7-12,23-24H,5-6,13-14H2,1-4H3/b15-10+,16-7+/t22-/m0/s1. The number of carbonyl (C=O) groups is 1. The van der Waals surface area contributed by atoms with Gasteiger partial charge in [-0.15, -0.1) is 0 Å². The Morgan fingerprint density at radius 1 is 1.27 bits per heavy atom. The van der Waals surface area contributed by atoms with E-state index in [1.54, 1.807) is 18.2 Å². The molecule has 1 aromatic carbocycles. The van der Waals surface area contributed by atoms with E-state index in [4.69, 9.17) is 9.84 Å². The highest BCUT2D eigenvalue weighted by Crippen LogP contribution is 2.37. The van der Waals surface area contributed by atoms with Gasteiger partial charge in [0.25, 0.3) is 0 Å². The summed E-state index contributed by atoms with van der Waals surface area (Å²) in [6.07, 6.45) is 9.31. The molecule has 0 fully saturated rings. The molecule has 1 heterocycles. The van der Waals surface area contributed by atoms with Gasteiger partial charge in [0.1, 0.15) is 17.1 Å². The molecule has 0 aromatic heterocycles. The van der Waals surface area contributed by atoms with E-state index in [1.165, 1.54) is 0 Å². The van der Waals surface area contributed by atoms with Gasteiger partial charge in [-0.2, -0.15) is 0 Å². The first-order valence-corrected chi connectivity index (χ1v) is 8.91. The first-order chi connectivity index (χ1) is 12.2. The molecule has 0 radical (unpaired) electrons. The summed E-state index contributed by atoms with van der Waals surface area (Å²) < 4.78 is 6.10. The minimum atomic E-state index is -0.698. The predicted molar refractivity (Wildman–Crippen MR) is 104 cm³/mol. The number of aliphatic hydroxyl groups excluding tert-OH is 1. The summed E-state index contributed by atoms with van der Waals surface area (Å²) in [7, 11) is 0. The summed E-state index contributed by atoms with van der Waals surface area (Å²) in [5.74, 6) is 0.946. The van der Waals surface area contributed by atoms with Crippen LogP contribution in [0.4, 0.5) is 0 Å². The Labute approximate surface area is 155 Å². The number of ketones is 1. The molecule has 0 unspecified atom stereocenters. The van der Waals surface area contributed by atoms with E-state index in [0.29, 0.717) is 5.75 Å². The highest BCUT2D eigenvalue weighted by Gasteiger charge is 2.30. The van der Waals surface area contributed by atoms with Crippen LogP contribution in [0.2, 0.25) is 0 Å². The Hall–Kier alpha value is -2.33. The lowest BCUT2D eigenvalue weighted by Crippen LogP contribution is -2.34. The van der Waals surface area contributed by atoms with Crippen LogP contribution in [-0.2, 0) is 4.79 Å². The molecule has 1 atom stereocenters. The molecule has 0 spiro atoms. The van der Waals surface area contributed by atoms with Gasteiger partial charge in [-0.1, -0.05) is 23.3 Å². The van der Waals surface area contributed by atoms with Crippen molar-refractivity contribution in [3.63, 3.8) is 0 Å². The summed E-state index contributed by atoms with van der Waals surface area (Å²) >= 11 is 0. The largest absolute Gasteiger partial charge is 0.508 e. The Kier molecular flexibility index (Phi) is 6.43. The number of allylic oxidation sites excluding steroid dienone is 3. The van der Waals surface area contributed by atoms with Crippen LogP contribution in [0.5, 0.6) is 11.5 Å². The maximum absolute atomic E-state index is 12.4. The zero-order valence-electron chi connectivity index (χ0n) is 16.0. The van der Waals surface area contributed by atoms with Crippen molar-refractivity contribution in [1.82, 2.24) is 0 Å². The number of aryl methyl sites for hydroxylation is 1. The van der Waals surface area contributed by atoms with Gasteiger partial charge in [0.05, 0.1) is 13.0 Å². The normalized spacial score (nSPS) is 19.9. The van der Waals surface area contributed by atoms with Crippen molar-refractivity contribution in [2.75, 3.05) is 6.61 Å². The summed E-state index contributed by atoms with van der Waals surface area (Å²) in [6.45, 7) is 7.68. The number of aromatic hydroxyl groups is 1. The molecule has 2 rings (SSSR count). The second-order valence-electron chi connectivity index (χ2n) is 7.31. The predicted octanol–water partition coefficient (Wildman–Crippen LogP) is 4.49. The van der Waals surface area contributed by atoms with Gasteiger partial charge in [0.15, 0.2) is 5.78 Å². The van der Waals surface area contributed by atoms with E-state index < -0.39 is 5.60 Å². The first-order valence-electron chi connectivity index (χ1n) is 8.91. The maximum Gasteiger partial charge on any atom is 0.159 e. The molecule has 1 aliphatic rings. The topological polar surface area (TPSA) is 66.8 Å². The molecule has 1 aliphatic heterocycles. The highest BCUT2D eigenvalue weighted by molar-refractivity contribution is 5.91. The van der Waals surface area contributed by atoms with Gasteiger partial charge in [0.2, 0.25) is 0 Å². The van der Waals surface area contributed by atoms with E-state index in [9.17, 15) is 9.90 Å². The molecule has 1 aromatic rings. The Balaban J connectivity index is 2.02. The average molecular weight is 356 g/mol. The van der Waals surface area contributed by atoms with Gasteiger partial charge in [0, 0.05) is 5.56 Å². The van der Waals surface area contributed by atoms with Crippen LogP contribution < -0.4 is 4.74 Å². The number of carbonyl (C=O) groups excluding carboxylic acids is 1. The molecule has 26 heavy (non-hydrogen) atoms. The molecule has 0 saturated heterocycles. The molecule has 2 N–H and O–H groups in total. The van der Waals surface area contributed by atoms with Crippen molar-refractivity contribution in [3.05, 3.63) is 52.6 Å². The fraction of sp³-hybridized carbons (Fsp3) is 0.409. The maximum atomic E-state index is 12.4. The second-order valence-corrected chi connectivity index (χ2v) is 7.31. The van der Waals surface area contributed by atoms with E-state index in [-0.39, 0.29) is 24.6 Å². The lowest BCUT2D eigenvalue weighted by Gasteiger charge is -2.32. The van der Waals surface area contributed by atoms with Crippen LogP contribution in [0.15, 0.2) is 41.5 Å². The molecule has 4 nitrogen and oxygen atoms in total. The first kappa shape index (κ1) is 20.0. The number of hydrogen-bond donors (Lipinski definition) is 2. The molecule has 0 bridgehead atoms. The fourth-order valence-electron chi connectivity index (χ4n) is 3.03. The number of rotatable bonds is 7. The Bertz CT molecular complexity index is 771. The number of fused-ring (bicyclic) bond motifs is 1. The van der Waals surface area contributed by atoms with E-state index >= 15 is 0 Å². The van der Waals surface area contributed by atoms with Crippen molar-refractivity contribution >= 4 is 11.9 Å². The third-order valence-electron chi connectivity index (χ3n) is 4.45. The average Bonchev–Trinajstić information content (AvgIpc) is 2.55. The minimum Gasteiger partial charge on any atom is -0.508 e. The van der Waals surface area contributed by atoms with Gasteiger partial charge >= 0.3 is 0 Å². The molecule has 140 valence electrons. The van der Waals surface area contributed by atoms with Crippen molar-refractivity contribution in [2.24, 2.45) is 0 Å². The van der Waals surface area contributed by atoms with E-state index in [2.05, 4.69) is 0 Å². The third kappa shape index (κ3) is 5.33. The number of ether oxygens (including phenoxy) is 1. The van der Waals surface area contributed by atoms with Crippen molar-refractivity contribution in [1.29, 1.82) is 0 Å². The van der Waals surface area contributed by atoms with Crippen molar-refractivity contribution in [2.45, 2.75) is 52.6 Å². The zero-order valence-corrected chi connectivity index (χ0v) is 16.0. The fourth-order valence-corrected chi connectivity index (χ4v) is 3.03. The summed E-state index contributed by atoms with van der Waals surface area (Å²) in [4.78, 5) is 12.4. The van der Waals surface area contributed by atoms with Gasteiger partial charge in [-0.25, -0.2) is 0 Å². The molecule has 0 aliphatic carbocycles. The SMILES string of the molecule is C/C(=C\CC/C(C)=C/C(=O)C[C@]1(C)C=Cc2cc(O)cc(C)c2O1)CO.